The number of hydrogen-bond acceptors (Lipinski definition) is 5. The molecule has 114 valence electrons. The van der Waals surface area contributed by atoms with E-state index in [2.05, 4.69) is 9.97 Å². The van der Waals surface area contributed by atoms with Crippen molar-refractivity contribution in [3.63, 3.8) is 0 Å². The lowest BCUT2D eigenvalue weighted by molar-refractivity contribution is 0.0690. The van der Waals surface area contributed by atoms with E-state index in [1.165, 1.54) is 6.07 Å². The number of aromatic carboxylic acids is 1. The van der Waals surface area contributed by atoms with E-state index in [1.807, 2.05) is 36.1 Å². The molecule has 1 aliphatic heterocycles. The number of carboxylic acid groups (broad SMARTS) is 1. The van der Waals surface area contributed by atoms with Crippen LogP contribution in [0.25, 0.3) is 11.4 Å². The average Bonchev–Trinajstić information content (AvgIpc) is 2.55. The maximum Gasteiger partial charge on any atom is 0.354 e. The summed E-state index contributed by atoms with van der Waals surface area (Å²) in [5.41, 5.74) is 1.90. The Morgan fingerprint density at radius 1 is 1.23 bits per heavy atom. The third-order valence-electron chi connectivity index (χ3n) is 3.54. The number of nitrogens with zero attached hydrogens (tertiary/aromatic N) is 3. The van der Waals surface area contributed by atoms with Crippen molar-refractivity contribution in [3.8, 4) is 11.4 Å². The summed E-state index contributed by atoms with van der Waals surface area (Å²) in [4.78, 5) is 22.1. The molecule has 1 aromatic carbocycles. The predicted octanol–water partition coefficient (Wildman–Crippen LogP) is 1.99. The number of carbonyl (C=O) groups is 1. The minimum Gasteiger partial charge on any atom is -0.477 e. The fourth-order valence-electron chi connectivity index (χ4n) is 2.41. The molecule has 3 rings (SSSR count). The van der Waals surface area contributed by atoms with Gasteiger partial charge < -0.3 is 14.7 Å². The minimum atomic E-state index is -1.05. The second kappa shape index (κ2) is 6.11. The van der Waals surface area contributed by atoms with E-state index in [0.29, 0.717) is 37.9 Å². The minimum absolute atomic E-state index is 0.00741. The van der Waals surface area contributed by atoms with Crippen molar-refractivity contribution < 1.29 is 14.6 Å². The van der Waals surface area contributed by atoms with Crippen molar-refractivity contribution >= 4 is 11.8 Å². The Kier molecular flexibility index (Phi) is 4.02. The lowest BCUT2D eigenvalue weighted by Gasteiger charge is -2.28. The summed E-state index contributed by atoms with van der Waals surface area (Å²) >= 11 is 0. The van der Waals surface area contributed by atoms with Crippen LogP contribution in [0.3, 0.4) is 0 Å². The summed E-state index contributed by atoms with van der Waals surface area (Å²) in [7, 11) is 0. The first-order valence-corrected chi connectivity index (χ1v) is 7.15. The molecule has 0 unspecified atom stereocenters. The van der Waals surface area contributed by atoms with E-state index in [-0.39, 0.29) is 5.69 Å². The normalized spacial score (nSPS) is 14.9. The van der Waals surface area contributed by atoms with Gasteiger partial charge in [0.25, 0.3) is 0 Å². The molecule has 0 bridgehead atoms. The Balaban J connectivity index is 2.05. The Morgan fingerprint density at radius 2 is 2.00 bits per heavy atom. The van der Waals surface area contributed by atoms with Gasteiger partial charge >= 0.3 is 5.97 Å². The molecule has 0 radical (unpaired) electrons. The number of aryl methyl sites for hydroxylation is 1. The molecule has 0 amide bonds. The first kappa shape index (κ1) is 14.5. The molecule has 2 aromatic rings. The molecule has 1 saturated heterocycles. The summed E-state index contributed by atoms with van der Waals surface area (Å²) in [5, 5.41) is 9.30. The van der Waals surface area contributed by atoms with E-state index in [4.69, 9.17) is 4.74 Å². The van der Waals surface area contributed by atoms with Crippen LogP contribution < -0.4 is 4.90 Å². The van der Waals surface area contributed by atoms with Crippen LogP contribution in [0.4, 0.5) is 5.82 Å². The summed E-state index contributed by atoms with van der Waals surface area (Å²) < 4.78 is 5.33. The van der Waals surface area contributed by atoms with Crippen molar-refractivity contribution in [3.05, 3.63) is 41.6 Å². The number of rotatable bonds is 3. The third-order valence-corrected chi connectivity index (χ3v) is 3.54. The Hall–Kier alpha value is -2.47. The zero-order chi connectivity index (χ0) is 15.5. The van der Waals surface area contributed by atoms with E-state index in [1.54, 1.807) is 0 Å². The van der Waals surface area contributed by atoms with Gasteiger partial charge in [-0.05, 0) is 13.0 Å². The first-order chi connectivity index (χ1) is 10.6. The Labute approximate surface area is 128 Å². The highest BCUT2D eigenvalue weighted by Crippen LogP contribution is 2.22. The molecule has 22 heavy (non-hydrogen) atoms. The van der Waals surface area contributed by atoms with Gasteiger partial charge in [-0.1, -0.05) is 23.8 Å². The van der Waals surface area contributed by atoms with Gasteiger partial charge in [0.15, 0.2) is 11.5 Å². The predicted molar refractivity (Wildman–Crippen MR) is 82.2 cm³/mol. The molecule has 1 fully saturated rings. The number of benzene rings is 1. The maximum absolute atomic E-state index is 11.4. The third kappa shape index (κ3) is 3.07. The second-order valence-corrected chi connectivity index (χ2v) is 5.21. The summed E-state index contributed by atoms with van der Waals surface area (Å²) in [5.74, 6) is 0.0168. The highest BCUT2D eigenvalue weighted by Gasteiger charge is 2.18. The highest BCUT2D eigenvalue weighted by atomic mass is 16.5. The van der Waals surface area contributed by atoms with Crippen LogP contribution in [0.15, 0.2) is 30.3 Å². The van der Waals surface area contributed by atoms with Crippen molar-refractivity contribution in [2.75, 3.05) is 31.2 Å². The van der Waals surface area contributed by atoms with Gasteiger partial charge in [-0.2, -0.15) is 0 Å². The van der Waals surface area contributed by atoms with Crippen molar-refractivity contribution in [2.24, 2.45) is 0 Å². The quantitative estimate of drug-likeness (QED) is 0.934. The topological polar surface area (TPSA) is 75.5 Å². The van der Waals surface area contributed by atoms with Crippen LogP contribution in [0.2, 0.25) is 0 Å². The van der Waals surface area contributed by atoms with Crippen molar-refractivity contribution in [1.29, 1.82) is 0 Å². The van der Waals surface area contributed by atoms with Gasteiger partial charge in [0.05, 0.1) is 13.2 Å². The number of morpholine rings is 1. The number of hydrogen-bond donors (Lipinski definition) is 1. The molecular weight excluding hydrogens is 282 g/mol. The largest absolute Gasteiger partial charge is 0.477 e. The zero-order valence-corrected chi connectivity index (χ0v) is 12.3. The summed E-state index contributed by atoms with van der Waals surface area (Å²) in [6, 6.07) is 9.25. The lowest BCUT2D eigenvalue weighted by Crippen LogP contribution is -2.37. The molecule has 0 aliphatic carbocycles. The molecule has 0 saturated carbocycles. The van der Waals surface area contributed by atoms with Crippen molar-refractivity contribution in [2.45, 2.75) is 6.92 Å². The molecule has 6 nitrogen and oxygen atoms in total. The molecule has 1 aliphatic rings. The Bertz CT molecular complexity index is 697. The number of carboxylic acids is 1. The Morgan fingerprint density at radius 3 is 2.68 bits per heavy atom. The van der Waals surface area contributed by atoms with E-state index in [9.17, 15) is 9.90 Å². The van der Waals surface area contributed by atoms with Crippen LogP contribution in [0, 0.1) is 6.92 Å². The van der Waals surface area contributed by atoms with E-state index in [0.717, 1.165) is 11.1 Å². The van der Waals surface area contributed by atoms with Gasteiger partial charge in [0.1, 0.15) is 5.82 Å². The monoisotopic (exact) mass is 299 g/mol. The zero-order valence-electron chi connectivity index (χ0n) is 12.3. The van der Waals surface area contributed by atoms with Crippen LogP contribution >= 0.6 is 0 Å². The molecule has 0 spiro atoms. The molecule has 1 N–H and O–H groups in total. The van der Waals surface area contributed by atoms with Crippen molar-refractivity contribution in [1.82, 2.24) is 9.97 Å². The molecule has 1 aromatic heterocycles. The fourth-order valence-corrected chi connectivity index (χ4v) is 2.41. The molecule has 2 heterocycles. The molecule has 6 heteroatoms. The van der Waals surface area contributed by atoms with Gasteiger partial charge in [0.2, 0.25) is 0 Å². The van der Waals surface area contributed by atoms with Crippen LogP contribution in [-0.2, 0) is 4.74 Å². The highest BCUT2D eigenvalue weighted by molar-refractivity contribution is 5.87. The molecular formula is C16H17N3O3. The number of ether oxygens (including phenoxy) is 1. The molecule has 0 atom stereocenters. The number of anilines is 1. The van der Waals surface area contributed by atoms with Crippen LogP contribution in [-0.4, -0.2) is 47.3 Å². The smallest absolute Gasteiger partial charge is 0.354 e. The van der Waals surface area contributed by atoms with Gasteiger partial charge in [-0.15, -0.1) is 0 Å². The first-order valence-electron chi connectivity index (χ1n) is 7.15. The standard InChI is InChI=1S/C16H17N3O3/c1-11-3-2-4-12(9-11)15-17-13(16(20)21)10-14(18-15)19-5-7-22-8-6-19/h2-4,9-10H,5-8H2,1H3,(H,20,21). The maximum atomic E-state index is 11.4. The van der Waals surface area contributed by atoms with E-state index < -0.39 is 5.97 Å². The van der Waals surface area contributed by atoms with Crippen LogP contribution in [0.1, 0.15) is 16.1 Å². The lowest BCUT2D eigenvalue weighted by atomic mass is 10.1. The summed E-state index contributed by atoms with van der Waals surface area (Å²) in [6.07, 6.45) is 0. The SMILES string of the molecule is Cc1cccc(-c2nc(C(=O)O)cc(N3CCOCC3)n2)c1. The van der Waals surface area contributed by atoms with Crippen LogP contribution in [0.5, 0.6) is 0 Å². The summed E-state index contributed by atoms with van der Waals surface area (Å²) in [6.45, 7) is 4.61. The van der Waals surface area contributed by atoms with Gasteiger partial charge in [-0.25, -0.2) is 14.8 Å². The second-order valence-electron chi connectivity index (χ2n) is 5.21. The average molecular weight is 299 g/mol. The van der Waals surface area contributed by atoms with Gasteiger partial charge in [0, 0.05) is 24.7 Å². The van der Waals surface area contributed by atoms with E-state index >= 15 is 0 Å². The fraction of sp³-hybridized carbons (Fsp3) is 0.312. The van der Waals surface area contributed by atoms with Gasteiger partial charge in [-0.3, -0.25) is 0 Å². The number of aromatic nitrogens is 2.